The summed E-state index contributed by atoms with van der Waals surface area (Å²) in [7, 11) is 3.72. The standard InChI is InChI=1S/C22H31N7O2/c1-27-10-12-28(13-11-27)20-18(19(23)25-22(24)26-20)15-6-8-29(9-7-15)21(30)16-4-3-5-17(14-16)31-2/h3-5,14-15H,6-13H2,1-2H3,(H4,23,24,25,26). The van der Waals surface area contributed by atoms with E-state index in [0.29, 0.717) is 30.2 Å². The largest absolute Gasteiger partial charge is 0.497 e. The van der Waals surface area contributed by atoms with Crippen molar-refractivity contribution in [3.63, 3.8) is 0 Å². The Morgan fingerprint density at radius 1 is 1.06 bits per heavy atom. The van der Waals surface area contributed by atoms with E-state index >= 15 is 0 Å². The quantitative estimate of drug-likeness (QED) is 0.756. The number of carbonyl (C=O) groups excluding carboxylic acids is 1. The number of benzene rings is 1. The molecule has 31 heavy (non-hydrogen) atoms. The third-order valence-corrected chi connectivity index (χ3v) is 6.28. The molecule has 9 heteroatoms. The van der Waals surface area contributed by atoms with Crippen molar-refractivity contribution >= 4 is 23.5 Å². The van der Waals surface area contributed by atoms with Gasteiger partial charge in [-0.2, -0.15) is 9.97 Å². The minimum atomic E-state index is 0.0261. The molecule has 1 amide bonds. The van der Waals surface area contributed by atoms with E-state index < -0.39 is 0 Å². The summed E-state index contributed by atoms with van der Waals surface area (Å²) >= 11 is 0. The van der Waals surface area contributed by atoms with Crippen molar-refractivity contribution in [2.45, 2.75) is 18.8 Å². The highest BCUT2D eigenvalue weighted by molar-refractivity contribution is 5.94. The SMILES string of the molecule is COc1cccc(C(=O)N2CCC(c3c(N)nc(N)nc3N3CCN(C)CC3)CC2)c1. The van der Waals surface area contributed by atoms with Crippen LogP contribution in [0.3, 0.4) is 0 Å². The average Bonchev–Trinajstić information content (AvgIpc) is 2.79. The summed E-state index contributed by atoms with van der Waals surface area (Å²) in [6.45, 7) is 5.02. The number of carbonyl (C=O) groups is 1. The lowest BCUT2D eigenvalue weighted by Crippen LogP contribution is -2.45. The Morgan fingerprint density at radius 3 is 2.45 bits per heavy atom. The number of piperidine rings is 1. The average molecular weight is 426 g/mol. The molecule has 0 bridgehead atoms. The molecule has 1 aromatic carbocycles. The van der Waals surface area contributed by atoms with Gasteiger partial charge in [0.15, 0.2) is 0 Å². The Bertz CT molecular complexity index is 935. The molecule has 0 aliphatic carbocycles. The van der Waals surface area contributed by atoms with Gasteiger partial charge in [-0.05, 0) is 44.0 Å². The number of nitrogen functional groups attached to an aromatic ring is 2. The summed E-state index contributed by atoms with van der Waals surface area (Å²) in [6.07, 6.45) is 1.63. The van der Waals surface area contributed by atoms with Crippen molar-refractivity contribution in [3.05, 3.63) is 35.4 Å². The van der Waals surface area contributed by atoms with E-state index in [9.17, 15) is 4.79 Å². The molecule has 0 unspecified atom stereocenters. The van der Waals surface area contributed by atoms with Crippen molar-refractivity contribution in [1.82, 2.24) is 19.8 Å². The van der Waals surface area contributed by atoms with E-state index in [1.54, 1.807) is 13.2 Å². The highest BCUT2D eigenvalue weighted by Gasteiger charge is 2.31. The zero-order valence-electron chi connectivity index (χ0n) is 18.3. The van der Waals surface area contributed by atoms with Gasteiger partial charge in [0.05, 0.1) is 7.11 Å². The topological polar surface area (TPSA) is 114 Å². The first-order chi connectivity index (χ1) is 15.0. The van der Waals surface area contributed by atoms with E-state index in [-0.39, 0.29) is 17.8 Å². The molecule has 0 spiro atoms. The van der Waals surface area contributed by atoms with Crippen molar-refractivity contribution in [3.8, 4) is 5.75 Å². The van der Waals surface area contributed by atoms with Crippen LogP contribution in [0, 0.1) is 0 Å². The Hall–Kier alpha value is -3.07. The van der Waals surface area contributed by atoms with Crippen molar-refractivity contribution in [2.75, 3.05) is 69.8 Å². The van der Waals surface area contributed by atoms with E-state index in [1.807, 2.05) is 23.1 Å². The molecular weight excluding hydrogens is 394 g/mol. The maximum Gasteiger partial charge on any atom is 0.253 e. The molecule has 4 N–H and O–H groups in total. The number of likely N-dealkylation sites (N-methyl/N-ethyl adjacent to an activating group) is 1. The normalized spacial score (nSPS) is 18.3. The maximum absolute atomic E-state index is 13.0. The fourth-order valence-electron chi connectivity index (χ4n) is 4.45. The van der Waals surface area contributed by atoms with Crippen LogP contribution in [-0.4, -0.2) is 79.1 Å². The van der Waals surface area contributed by atoms with Gasteiger partial charge in [0.1, 0.15) is 17.4 Å². The van der Waals surface area contributed by atoms with Gasteiger partial charge in [-0.1, -0.05) is 6.07 Å². The van der Waals surface area contributed by atoms with Crippen LogP contribution in [0.1, 0.15) is 34.7 Å². The lowest BCUT2D eigenvalue weighted by Gasteiger charge is -2.37. The summed E-state index contributed by atoms with van der Waals surface area (Å²) in [4.78, 5) is 28.2. The zero-order valence-corrected chi connectivity index (χ0v) is 18.3. The van der Waals surface area contributed by atoms with Gasteiger partial charge < -0.3 is 30.9 Å². The summed E-state index contributed by atoms with van der Waals surface area (Å²) in [5.74, 6) is 2.43. The lowest BCUT2D eigenvalue weighted by molar-refractivity contribution is 0.0713. The van der Waals surface area contributed by atoms with Crippen LogP contribution in [0.25, 0.3) is 0 Å². The smallest absolute Gasteiger partial charge is 0.253 e. The number of amides is 1. The van der Waals surface area contributed by atoms with E-state index in [0.717, 1.165) is 50.4 Å². The second-order valence-electron chi connectivity index (χ2n) is 8.29. The highest BCUT2D eigenvalue weighted by atomic mass is 16.5. The number of aromatic nitrogens is 2. The van der Waals surface area contributed by atoms with Gasteiger partial charge >= 0.3 is 0 Å². The van der Waals surface area contributed by atoms with Gasteiger partial charge in [0.2, 0.25) is 5.95 Å². The predicted octanol–water partition coefficient (Wildman–Crippen LogP) is 1.42. The van der Waals surface area contributed by atoms with Gasteiger partial charge in [0.25, 0.3) is 5.91 Å². The van der Waals surface area contributed by atoms with E-state index in [2.05, 4.69) is 26.8 Å². The number of hydrogen-bond donors (Lipinski definition) is 2. The monoisotopic (exact) mass is 425 g/mol. The van der Waals surface area contributed by atoms with Crippen LogP contribution < -0.4 is 21.1 Å². The number of nitrogens with two attached hydrogens (primary N) is 2. The van der Waals surface area contributed by atoms with Gasteiger partial charge in [0, 0.05) is 50.4 Å². The first kappa shape index (κ1) is 21.2. The molecule has 2 aromatic rings. The number of rotatable bonds is 4. The second kappa shape index (κ2) is 8.97. The zero-order chi connectivity index (χ0) is 22.0. The summed E-state index contributed by atoms with van der Waals surface area (Å²) in [6, 6.07) is 7.29. The van der Waals surface area contributed by atoms with Gasteiger partial charge in [-0.15, -0.1) is 0 Å². The molecule has 9 nitrogen and oxygen atoms in total. The van der Waals surface area contributed by atoms with Crippen LogP contribution in [0.4, 0.5) is 17.6 Å². The molecule has 3 heterocycles. The highest BCUT2D eigenvalue weighted by Crippen LogP contribution is 2.38. The maximum atomic E-state index is 13.0. The molecule has 0 radical (unpaired) electrons. The van der Waals surface area contributed by atoms with E-state index in [4.69, 9.17) is 16.2 Å². The molecule has 4 rings (SSSR count). The number of methoxy groups -OCH3 is 1. The fourth-order valence-corrected chi connectivity index (χ4v) is 4.45. The minimum Gasteiger partial charge on any atom is -0.497 e. The second-order valence-corrected chi connectivity index (χ2v) is 8.29. The Kier molecular flexibility index (Phi) is 6.13. The van der Waals surface area contributed by atoms with Crippen LogP contribution in [0.2, 0.25) is 0 Å². The van der Waals surface area contributed by atoms with Crippen molar-refractivity contribution in [1.29, 1.82) is 0 Å². The first-order valence-corrected chi connectivity index (χ1v) is 10.8. The molecule has 2 fully saturated rings. The molecule has 1 aromatic heterocycles. The Morgan fingerprint density at radius 2 is 1.77 bits per heavy atom. The van der Waals surface area contributed by atoms with Crippen LogP contribution in [-0.2, 0) is 0 Å². The number of nitrogens with zero attached hydrogens (tertiary/aromatic N) is 5. The summed E-state index contributed by atoms with van der Waals surface area (Å²) < 4.78 is 5.25. The van der Waals surface area contributed by atoms with Crippen molar-refractivity contribution < 1.29 is 9.53 Å². The predicted molar refractivity (Wildman–Crippen MR) is 121 cm³/mol. The molecular formula is C22H31N7O2. The molecule has 0 saturated carbocycles. The van der Waals surface area contributed by atoms with E-state index in [1.165, 1.54) is 0 Å². The van der Waals surface area contributed by atoms with Crippen LogP contribution >= 0.6 is 0 Å². The molecule has 0 atom stereocenters. The number of hydrogen-bond acceptors (Lipinski definition) is 8. The molecule has 2 aliphatic heterocycles. The Labute approximate surface area is 183 Å². The lowest BCUT2D eigenvalue weighted by atomic mass is 9.89. The fraction of sp³-hybridized carbons (Fsp3) is 0.500. The van der Waals surface area contributed by atoms with Crippen LogP contribution in [0.15, 0.2) is 24.3 Å². The minimum absolute atomic E-state index is 0.0261. The first-order valence-electron chi connectivity index (χ1n) is 10.8. The third-order valence-electron chi connectivity index (χ3n) is 6.28. The number of ether oxygens (including phenoxy) is 1. The number of piperazine rings is 1. The van der Waals surface area contributed by atoms with Crippen LogP contribution in [0.5, 0.6) is 5.75 Å². The van der Waals surface area contributed by atoms with Gasteiger partial charge in [-0.25, -0.2) is 0 Å². The summed E-state index contributed by atoms with van der Waals surface area (Å²) in [5.41, 5.74) is 13.9. The molecule has 2 saturated heterocycles. The van der Waals surface area contributed by atoms with Gasteiger partial charge in [-0.3, -0.25) is 4.79 Å². The number of anilines is 3. The molecule has 166 valence electrons. The Balaban J connectivity index is 1.50. The number of likely N-dealkylation sites (tertiary alicyclic amines) is 1. The third kappa shape index (κ3) is 4.51. The molecule has 2 aliphatic rings. The van der Waals surface area contributed by atoms with Crippen molar-refractivity contribution in [2.24, 2.45) is 0 Å². The summed E-state index contributed by atoms with van der Waals surface area (Å²) in [5, 5.41) is 0.